The highest BCUT2D eigenvalue weighted by Crippen LogP contribution is 2.66. The first-order chi connectivity index (χ1) is 11.3. The smallest absolute Gasteiger partial charge is 0.189 e. The fraction of sp³-hybridized carbons (Fsp3) is 0.700. The maximum atomic E-state index is 12.0. The number of hydrogen-bond donors (Lipinski definition) is 2. The Morgan fingerprint density at radius 1 is 1.29 bits per heavy atom. The molecule has 3 fully saturated rings. The first-order valence-electron chi connectivity index (χ1n) is 9.12. The van der Waals surface area contributed by atoms with Gasteiger partial charge in [0.25, 0.3) is 0 Å². The molecule has 3 nitrogen and oxygen atoms in total. The van der Waals surface area contributed by atoms with Gasteiger partial charge in [-0.3, -0.25) is 9.59 Å². The van der Waals surface area contributed by atoms with Crippen LogP contribution in [0.2, 0.25) is 0 Å². The summed E-state index contributed by atoms with van der Waals surface area (Å²) < 4.78 is 0. The van der Waals surface area contributed by atoms with Gasteiger partial charge in [-0.2, -0.15) is 0 Å². The van der Waals surface area contributed by atoms with E-state index < -0.39 is 6.10 Å². The summed E-state index contributed by atoms with van der Waals surface area (Å²) in [5.74, 6) is 1.06. The van der Waals surface area contributed by atoms with Gasteiger partial charge >= 0.3 is 0 Å². The van der Waals surface area contributed by atoms with E-state index in [1.807, 2.05) is 6.08 Å². The van der Waals surface area contributed by atoms with E-state index in [-0.39, 0.29) is 33.6 Å². The van der Waals surface area contributed by atoms with Gasteiger partial charge < -0.3 is 5.11 Å². The third-order valence-electron chi connectivity index (χ3n) is 7.79. The Bertz CT molecular complexity index is 666. The summed E-state index contributed by atoms with van der Waals surface area (Å²) in [6.07, 6.45) is 9.60. The first-order valence-corrected chi connectivity index (χ1v) is 9.57. The van der Waals surface area contributed by atoms with Crippen LogP contribution in [0.3, 0.4) is 0 Å². The maximum Gasteiger partial charge on any atom is 0.189 e. The van der Waals surface area contributed by atoms with Crippen molar-refractivity contribution in [3.05, 3.63) is 23.8 Å². The molecule has 0 amide bonds. The minimum atomic E-state index is -0.434. The van der Waals surface area contributed by atoms with Gasteiger partial charge in [-0.05, 0) is 61.5 Å². The lowest BCUT2D eigenvalue weighted by Gasteiger charge is -2.58. The van der Waals surface area contributed by atoms with Crippen LogP contribution in [0.5, 0.6) is 0 Å². The molecule has 4 aliphatic carbocycles. The molecule has 0 aromatic heterocycles. The zero-order valence-corrected chi connectivity index (χ0v) is 15.3. The van der Waals surface area contributed by atoms with Gasteiger partial charge in [-0.15, -0.1) is 12.6 Å². The number of allylic oxidation sites excluding steroid dienone is 4. The van der Waals surface area contributed by atoms with E-state index in [1.165, 1.54) is 5.57 Å². The summed E-state index contributed by atoms with van der Waals surface area (Å²) in [5.41, 5.74) is 0.824. The summed E-state index contributed by atoms with van der Waals surface area (Å²) in [6, 6.07) is 0. The molecule has 130 valence electrons. The van der Waals surface area contributed by atoms with Gasteiger partial charge in [0.1, 0.15) is 0 Å². The summed E-state index contributed by atoms with van der Waals surface area (Å²) >= 11 is 4.13. The van der Waals surface area contributed by atoms with E-state index in [0.29, 0.717) is 18.3 Å². The van der Waals surface area contributed by atoms with Crippen molar-refractivity contribution in [2.24, 2.45) is 34.5 Å². The molecule has 0 heterocycles. The Morgan fingerprint density at radius 3 is 2.75 bits per heavy atom. The maximum absolute atomic E-state index is 12.0. The number of aliphatic hydroxyl groups is 1. The van der Waals surface area contributed by atoms with Gasteiger partial charge in [0.2, 0.25) is 0 Å². The second-order valence-electron chi connectivity index (χ2n) is 8.77. The Morgan fingerprint density at radius 2 is 2.04 bits per heavy atom. The van der Waals surface area contributed by atoms with Crippen LogP contribution in [0, 0.1) is 34.5 Å². The lowest BCUT2D eigenvalue weighted by molar-refractivity contribution is -0.132. The zero-order valence-electron chi connectivity index (χ0n) is 14.4. The molecule has 0 spiro atoms. The number of carbonyl (C=O) groups excluding carboxylic acids is 2. The van der Waals surface area contributed by atoms with Gasteiger partial charge in [0.15, 0.2) is 10.9 Å². The van der Waals surface area contributed by atoms with Crippen molar-refractivity contribution < 1.29 is 14.7 Å². The predicted octanol–water partition coefficient (Wildman–Crippen LogP) is 3.34. The summed E-state index contributed by atoms with van der Waals surface area (Å²) in [5, 5.41) is 11.1. The third-order valence-corrected chi connectivity index (χ3v) is 8.10. The molecule has 0 radical (unpaired) electrons. The van der Waals surface area contributed by atoms with E-state index in [2.05, 4.69) is 26.5 Å². The molecule has 0 aromatic rings. The van der Waals surface area contributed by atoms with E-state index in [9.17, 15) is 14.7 Å². The molecule has 0 unspecified atom stereocenters. The minimum Gasteiger partial charge on any atom is -0.393 e. The van der Waals surface area contributed by atoms with Crippen molar-refractivity contribution in [1.82, 2.24) is 0 Å². The molecule has 0 saturated heterocycles. The second-order valence-corrected chi connectivity index (χ2v) is 9.21. The molecular formula is C20H26O3S. The number of aliphatic hydroxyl groups excluding tert-OH is 1. The van der Waals surface area contributed by atoms with Crippen LogP contribution in [-0.2, 0) is 9.59 Å². The van der Waals surface area contributed by atoms with E-state index in [4.69, 9.17) is 0 Å². The van der Waals surface area contributed by atoms with Crippen molar-refractivity contribution in [2.75, 3.05) is 0 Å². The Kier molecular flexibility index (Phi) is 3.67. The van der Waals surface area contributed by atoms with Crippen molar-refractivity contribution in [3.8, 4) is 0 Å². The summed E-state index contributed by atoms with van der Waals surface area (Å²) in [7, 11) is 0. The molecule has 0 aliphatic heterocycles. The number of hydrogen-bond acceptors (Lipinski definition) is 3. The normalized spacial score (nSPS) is 49.9. The Balaban J connectivity index is 1.74. The molecule has 0 bridgehead atoms. The van der Waals surface area contributed by atoms with Gasteiger partial charge in [0, 0.05) is 17.3 Å². The van der Waals surface area contributed by atoms with Crippen molar-refractivity contribution in [3.63, 3.8) is 0 Å². The number of ketones is 1. The Hall–Kier alpha value is -0.870. The average molecular weight is 346 g/mol. The van der Waals surface area contributed by atoms with Gasteiger partial charge in [-0.1, -0.05) is 25.5 Å². The van der Waals surface area contributed by atoms with Crippen LogP contribution in [0.1, 0.15) is 46.0 Å². The standard InChI is InChI=1S/C20H26O3S/c1-19-8-7-12(21)9-11(19)3-4-13-14-5-6-15(18(23)24)20(14,2)10-16(22)17(13)19/h7-9,13-17,22H,3-6,10H2,1-2H3,(H,23,24)/t13-,14-,15+,16-,17+,19-,20-/m0/s1. The molecular weight excluding hydrogens is 320 g/mol. The third kappa shape index (κ3) is 2.08. The van der Waals surface area contributed by atoms with E-state index >= 15 is 0 Å². The van der Waals surface area contributed by atoms with Crippen LogP contribution in [0.25, 0.3) is 0 Å². The van der Waals surface area contributed by atoms with Crippen molar-refractivity contribution in [1.29, 1.82) is 0 Å². The number of thiol groups is 1. The predicted molar refractivity (Wildman–Crippen MR) is 95.5 cm³/mol. The molecule has 7 atom stereocenters. The fourth-order valence-corrected chi connectivity index (χ4v) is 7.16. The molecule has 4 rings (SSSR count). The van der Waals surface area contributed by atoms with Crippen LogP contribution in [0.15, 0.2) is 23.8 Å². The first kappa shape index (κ1) is 16.6. The van der Waals surface area contributed by atoms with Crippen LogP contribution >= 0.6 is 12.6 Å². The highest BCUT2D eigenvalue weighted by Gasteiger charge is 2.62. The monoisotopic (exact) mass is 346 g/mol. The lowest BCUT2D eigenvalue weighted by atomic mass is 9.47. The molecule has 3 saturated carbocycles. The SMILES string of the molecule is C[C@]12C[C@H](O)[C@H]3[C@@H](CCC4=CC(=O)C=C[C@@]43C)[C@@H]1CC[C@@H]2C(=O)S. The van der Waals surface area contributed by atoms with E-state index in [1.54, 1.807) is 12.2 Å². The molecule has 0 aromatic carbocycles. The molecule has 4 heteroatoms. The fourth-order valence-electron chi connectivity index (χ4n) is 6.73. The lowest BCUT2D eigenvalue weighted by Crippen LogP contribution is -2.56. The largest absolute Gasteiger partial charge is 0.393 e. The van der Waals surface area contributed by atoms with Gasteiger partial charge in [-0.25, -0.2) is 0 Å². The molecule has 24 heavy (non-hydrogen) atoms. The topological polar surface area (TPSA) is 54.4 Å². The van der Waals surface area contributed by atoms with Crippen LogP contribution in [0.4, 0.5) is 0 Å². The van der Waals surface area contributed by atoms with Crippen molar-refractivity contribution >= 4 is 23.5 Å². The summed E-state index contributed by atoms with van der Waals surface area (Å²) in [4.78, 5) is 23.8. The Labute approximate surface area is 149 Å². The summed E-state index contributed by atoms with van der Waals surface area (Å²) in [6.45, 7) is 4.37. The quantitative estimate of drug-likeness (QED) is 0.716. The minimum absolute atomic E-state index is 0.0172. The second kappa shape index (κ2) is 5.31. The number of carbonyl (C=O) groups is 2. The molecule has 1 N–H and O–H groups in total. The number of rotatable bonds is 1. The van der Waals surface area contributed by atoms with Gasteiger partial charge in [0.05, 0.1) is 6.10 Å². The highest BCUT2D eigenvalue weighted by molar-refractivity contribution is 7.96. The average Bonchev–Trinajstić information content (AvgIpc) is 2.84. The van der Waals surface area contributed by atoms with Crippen LogP contribution in [-0.4, -0.2) is 22.1 Å². The van der Waals surface area contributed by atoms with E-state index in [0.717, 1.165) is 25.7 Å². The molecule has 4 aliphatic rings. The van der Waals surface area contributed by atoms with Crippen molar-refractivity contribution in [2.45, 2.75) is 52.1 Å². The van der Waals surface area contributed by atoms with Crippen LogP contribution < -0.4 is 0 Å². The number of fused-ring (bicyclic) bond motifs is 5. The zero-order chi connectivity index (χ0) is 17.3. The highest BCUT2D eigenvalue weighted by atomic mass is 32.1.